The SMILES string of the molecule is COc1ccc(-c2nc(C)c(C(=O)NNC(=O)c3csc(N4CCOCC4)n3)s2)cc1. The molecule has 3 heterocycles. The van der Waals surface area contributed by atoms with E-state index in [9.17, 15) is 9.59 Å². The van der Waals surface area contributed by atoms with E-state index in [1.807, 2.05) is 24.3 Å². The van der Waals surface area contributed by atoms with E-state index in [0.717, 1.165) is 29.5 Å². The number of nitrogens with one attached hydrogen (secondary N) is 2. The second-order valence-corrected chi connectivity index (χ2v) is 8.52. The number of aryl methyl sites for hydroxylation is 1. The van der Waals surface area contributed by atoms with E-state index < -0.39 is 11.8 Å². The topological polar surface area (TPSA) is 106 Å². The lowest BCUT2D eigenvalue weighted by Crippen LogP contribution is -2.41. The Hall–Kier alpha value is -3.02. The van der Waals surface area contributed by atoms with Crippen LogP contribution in [0.15, 0.2) is 29.6 Å². The number of hydrazine groups is 1. The van der Waals surface area contributed by atoms with Gasteiger partial charge in [0.05, 0.1) is 26.0 Å². The Morgan fingerprint density at radius 1 is 1.10 bits per heavy atom. The van der Waals surface area contributed by atoms with E-state index >= 15 is 0 Å². The average Bonchev–Trinajstić information content (AvgIpc) is 3.45. The van der Waals surface area contributed by atoms with Crippen molar-refractivity contribution in [3.63, 3.8) is 0 Å². The molecule has 4 rings (SSSR count). The van der Waals surface area contributed by atoms with Gasteiger partial charge in [-0.3, -0.25) is 20.4 Å². The van der Waals surface area contributed by atoms with Crippen LogP contribution in [-0.2, 0) is 4.74 Å². The summed E-state index contributed by atoms with van der Waals surface area (Å²) in [5, 5.41) is 3.15. The third-order valence-electron chi connectivity index (χ3n) is 4.64. The number of benzene rings is 1. The highest BCUT2D eigenvalue weighted by Gasteiger charge is 2.20. The van der Waals surface area contributed by atoms with Crippen LogP contribution in [-0.4, -0.2) is 55.2 Å². The van der Waals surface area contributed by atoms with Gasteiger partial charge in [0.1, 0.15) is 21.3 Å². The molecule has 0 saturated carbocycles. The summed E-state index contributed by atoms with van der Waals surface area (Å²) in [7, 11) is 1.61. The number of rotatable bonds is 5. The van der Waals surface area contributed by atoms with Gasteiger partial charge in [-0.05, 0) is 31.2 Å². The zero-order valence-electron chi connectivity index (χ0n) is 17.0. The number of nitrogens with zero attached hydrogens (tertiary/aromatic N) is 3. The fourth-order valence-electron chi connectivity index (χ4n) is 2.97. The van der Waals surface area contributed by atoms with Crippen LogP contribution in [0.4, 0.5) is 5.13 Å². The molecule has 1 saturated heterocycles. The first-order valence-corrected chi connectivity index (χ1v) is 11.3. The van der Waals surface area contributed by atoms with E-state index in [1.165, 1.54) is 22.7 Å². The lowest BCUT2D eigenvalue weighted by Gasteiger charge is -2.25. The summed E-state index contributed by atoms with van der Waals surface area (Å²) in [6.45, 7) is 4.53. The number of anilines is 1. The van der Waals surface area contributed by atoms with Crippen LogP contribution < -0.4 is 20.5 Å². The van der Waals surface area contributed by atoms with Gasteiger partial charge in [0.25, 0.3) is 11.8 Å². The zero-order valence-corrected chi connectivity index (χ0v) is 18.6. The molecule has 2 N–H and O–H groups in total. The predicted molar refractivity (Wildman–Crippen MR) is 119 cm³/mol. The fraction of sp³-hybridized carbons (Fsp3) is 0.300. The highest BCUT2D eigenvalue weighted by Crippen LogP contribution is 2.29. The molecule has 1 fully saturated rings. The van der Waals surface area contributed by atoms with Crippen LogP contribution in [0.5, 0.6) is 5.75 Å². The number of ether oxygens (including phenoxy) is 2. The quantitative estimate of drug-likeness (QED) is 0.565. The van der Waals surface area contributed by atoms with E-state index in [2.05, 4.69) is 25.7 Å². The summed E-state index contributed by atoms with van der Waals surface area (Å²) in [5.41, 5.74) is 6.61. The number of amides is 2. The third kappa shape index (κ3) is 4.84. The Balaban J connectivity index is 1.38. The lowest BCUT2D eigenvalue weighted by atomic mass is 10.2. The van der Waals surface area contributed by atoms with Crippen LogP contribution in [0.25, 0.3) is 10.6 Å². The van der Waals surface area contributed by atoms with Crippen LogP contribution in [0, 0.1) is 6.92 Å². The summed E-state index contributed by atoms with van der Waals surface area (Å²) in [4.78, 5) is 36.3. The van der Waals surface area contributed by atoms with Crippen molar-refractivity contribution in [1.82, 2.24) is 20.8 Å². The Kier molecular flexibility index (Phi) is 6.44. The van der Waals surface area contributed by atoms with Crippen molar-refractivity contribution in [3.05, 3.63) is 45.9 Å². The van der Waals surface area contributed by atoms with Gasteiger partial charge in [0.2, 0.25) is 0 Å². The molecule has 1 aliphatic heterocycles. The number of hydrogen-bond acceptors (Lipinski definition) is 9. The molecule has 11 heteroatoms. The van der Waals surface area contributed by atoms with Gasteiger partial charge in [-0.1, -0.05) is 0 Å². The summed E-state index contributed by atoms with van der Waals surface area (Å²) >= 11 is 2.65. The summed E-state index contributed by atoms with van der Waals surface area (Å²) in [5.74, 6) is -0.148. The molecule has 0 bridgehead atoms. The molecule has 1 aromatic carbocycles. The summed E-state index contributed by atoms with van der Waals surface area (Å²) in [6.07, 6.45) is 0. The molecular weight excluding hydrogens is 438 g/mol. The summed E-state index contributed by atoms with van der Waals surface area (Å²) in [6, 6.07) is 7.44. The molecule has 0 atom stereocenters. The molecule has 0 aliphatic carbocycles. The number of aromatic nitrogens is 2. The van der Waals surface area contributed by atoms with Gasteiger partial charge < -0.3 is 14.4 Å². The minimum absolute atomic E-state index is 0.256. The van der Waals surface area contributed by atoms with Gasteiger partial charge in [-0.25, -0.2) is 9.97 Å². The fourth-order valence-corrected chi connectivity index (χ4v) is 4.79. The molecule has 0 radical (unpaired) electrons. The molecule has 3 aromatic rings. The number of carbonyl (C=O) groups excluding carboxylic acids is 2. The summed E-state index contributed by atoms with van der Waals surface area (Å²) < 4.78 is 10.5. The minimum Gasteiger partial charge on any atom is -0.497 e. The van der Waals surface area contributed by atoms with Crippen molar-refractivity contribution in [2.24, 2.45) is 0 Å². The molecule has 0 spiro atoms. The highest BCUT2D eigenvalue weighted by molar-refractivity contribution is 7.17. The number of methoxy groups -OCH3 is 1. The first-order chi connectivity index (χ1) is 15.0. The normalized spacial score (nSPS) is 13.7. The van der Waals surface area contributed by atoms with Gasteiger partial charge in [-0.2, -0.15) is 0 Å². The Bertz CT molecular complexity index is 1070. The van der Waals surface area contributed by atoms with E-state index in [4.69, 9.17) is 9.47 Å². The number of hydrogen-bond donors (Lipinski definition) is 2. The second-order valence-electron chi connectivity index (χ2n) is 6.69. The Morgan fingerprint density at radius 3 is 2.52 bits per heavy atom. The molecule has 0 unspecified atom stereocenters. The van der Waals surface area contributed by atoms with Crippen LogP contribution in [0.1, 0.15) is 25.9 Å². The van der Waals surface area contributed by atoms with Crippen molar-refractivity contribution < 1.29 is 19.1 Å². The van der Waals surface area contributed by atoms with E-state index in [-0.39, 0.29) is 5.69 Å². The number of morpholine rings is 1. The van der Waals surface area contributed by atoms with Crippen LogP contribution in [0.3, 0.4) is 0 Å². The van der Waals surface area contributed by atoms with Gasteiger partial charge >= 0.3 is 0 Å². The lowest BCUT2D eigenvalue weighted by molar-refractivity contribution is 0.0846. The maximum absolute atomic E-state index is 12.6. The van der Waals surface area contributed by atoms with E-state index in [0.29, 0.717) is 28.8 Å². The molecule has 31 heavy (non-hydrogen) atoms. The second kappa shape index (κ2) is 9.41. The molecule has 2 amide bonds. The largest absolute Gasteiger partial charge is 0.497 e. The van der Waals surface area contributed by atoms with Gasteiger partial charge in [-0.15, -0.1) is 22.7 Å². The van der Waals surface area contributed by atoms with E-state index in [1.54, 1.807) is 19.4 Å². The Morgan fingerprint density at radius 2 is 1.81 bits per heavy atom. The maximum Gasteiger partial charge on any atom is 0.289 e. The standard InChI is InChI=1S/C20H21N5O4S2/c1-12-16(31-19(21-12)13-3-5-14(28-2)6-4-13)18(27)24-23-17(26)15-11-30-20(22-15)25-7-9-29-10-8-25/h3-6,11H,7-10H2,1-2H3,(H,23,26)(H,24,27). The van der Waals surface area contributed by atoms with Crippen molar-refractivity contribution >= 4 is 39.6 Å². The first-order valence-electron chi connectivity index (χ1n) is 9.56. The molecule has 1 aliphatic rings. The monoisotopic (exact) mass is 459 g/mol. The predicted octanol–water partition coefficient (Wildman–Crippen LogP) is 2.50. The van der Waals surface area contributed by atoms with Gasteiger partial charge in [0, 0.05) is 24.0 Å². The Labute approximate surface area is 187 Å². The molecule has 2 aromatic heterocycles. The average molecular weight is 460 g/mol. The highest BCUT2D eigenvalue weighted by atomic mass is 32.1. The van der Waals surface area contributed by atoms with Crippen LogP contribution >= 0.6 is 22.7 Å². The number of carbonyl (C=O) groups is 2. The zero-order chi connectivity index (χ0) is 21.8. The van der Waals surface area contributed by atoms with Crippen molar-refractivity contribution in [3.8, 4) is 16.3 Å². The molecular formula is C20H21N5O4S2. The molecule has 9 nitrogen and oxygen atoms in total. The maximum atomic E-state index is 12.6. The minimum atomic E-state index is -0.471. The van der Waals surface area contributed by atoms with Crippen molar-refractivity contribution in [1.29, 1.82) is 0 Å². The number of thiazole rings is 2. The smallest absolute Gasteiger partial charge is 0.289 e. The van der Waals surface area contributed by atoms with Crippen LogP contribution in [0.2, 0.25) is 0 Å². The molecule has 162 valence electrons. The first kappa shape index (κ1) is 21.2. The van der Waals surface area contributed by atoms with Gasteiger partial charge in [0.15, 0.2) is 5.13 Å². The van der Waals surface area contributed by atoms with Crippen molar-refractivity contribution in [2.45, 2.75) is 6.92 Å². The van der Waals surface area contributed by atoms with Crippen molar-refractivity contribution in [2.75, 3.05) is 38.3 Å². The third-order valence-corrected chi connectivity index (χ3v) is 6.74.